The predicted molar refractivity (Wildman–Crippen MR) is 149 cm³/mol. The van der Waals surface area contributed by atoms with Crippen LogP contribution in [-0.4, -0.2) is 32.3 Å². The van der Waals surface area contributed by atoms with Crippen molar-refractivity contribution in [2.24, 2.45) is 0 Å². The van der Waals surface area contributed by atoms with Gasteiger partial charge in [0.15, 0.2) is 0 Å². The van der Waals surface area contributed by atoms with Gasteiger partial charge in [-0.25, -0.2) is 0 Å². The van der Waals surface area contributed by atoms with E-state index < -0.39 is 26.7 Å². The zero-order valence-corrected chi connectivity index (χ0v) is 26.7. The second kappa shape index (κ2) is 17.9. The third-order valence-electron chi connectivity index (χ3n) is 6.45. The van der Waals surface area contributed by atoms with Gasteiger partial charge in [0.25, 0.3) is 0 Å². The summed E-state index contributed by atoms with van der Waals surface area (Å²) >= 11 is -2.22. The molecule has 0 radical (unpaired) electrons. The molecule has 0 N–H and O–H groups in total. The molecule has 1 atom stereocenters. The van der Waals surface area contributed by atoms with Crippen molar-refractivity contribution in [3.63, 3.8) is 0 Å². The Kier molecular flexibility index (Phi) is 18.1. The molecule has 31 heavy (non-hydrogen) atoms. The molecule has 184 valence electrons. The summed E-state index contributed by atoms with van der Waals surface area (Å²) in [6.07, 6.45) is 23.2. The molecule has 0 amide bonds. The number of hydrogen-bond acceptors (Lipinski definition) is 1. The van der Waals surface area contributed by atoms with Gasteiger partial charge in [-0.05, 0) is 0 Å². The fourth-order valence-corrected chi connectivity index (χ4v) is 20.7. The molecule has 0 bridgehead atoms. The van der Waals surface area contributed by atoms with E-state index >= 15 is 0 Å². The van der Waals surface area contributed by atoms with Crippen LogP contribution in [0.2, 0.25) is 33.0 Å². The molecular formula is C28H58OSiSn. The van der Waals surface area contributed by atoms with E-state index in [0.717, 1.165) is 6.42 Å². The van der Waals surface area contributed by atoms with Gasteiger partial charge in [0.1, 0.15) is 0 Å². The topological polar surface area (TPSA) is 9.23 Å². The van der Waals surface area contributed by atoms with Crippen LogP contribution in [0.4, 0.5) is 0 Å². The van der Waals surface area contributed by atoms with Crippen molar-refractivity contribution < 1.29 is 4.43 Å². The molecule has 0 saturated carbocycles. The summed E-state index contributed by atoms with van der Waals surface area (Å²) in [6.45, 7) is 18.7. The maximum atomic E-state index is 6.93. The van der Waals surface area contributed by atoms with Gasteiger partial charge in [0, 0.05) is 0 Å². The molecule has 0 rings (SSSR count). The van der Waals surface area contributed by atoms with Gasteiger partial charge in [-0.3, -0.25) is 0 Å². The third-order valence-corrected chi connectivity index (χ3v) is 21.7. The number of unbranched alkanes of at least 4 members (excludes halogenated alkanes) is 6. The van der Waals surface area contributed by atoms with E-state index in [0.29, 0.717) is 0 Å². The summed E-state index contributed by atoms with van der Waals surface area (Å²) in [5.74, 6) is 0. The summed E-state index contributed by atoms with van der Waals surface area (Å²) in [4.78, 5) is 0. The molecule has 0 aliphatic carbocycles. The monoisotopic (exact) mass is 558 g/mol. The van der Waals surface area contributed by atoms with Crippen LogP contribution in [0.25, 0.3) is 0 Å². The molecular weight excluding hydrogens is 499 g/mol. The van der Waals surface area contributed by atoms with Gasteiger partial charge >= 0.3 is 204 Å². The average Bonchev–Trinajstić information content (AvgIpc) is 2.71. The van der Waals surface area contributed by atoms with E-state index in [9.17, 15) is 0 Å². The van der Waals surface area contributed by atoms with Gasteiger partial charge in [-0.15, -0.1) is 0 Å². The molecule has 1 nitrogen and oxygen atoms in total. The Morgan fingerprint density at radius 3 is 1.68 bits per heavy atom. The minimum absolute atomic E-state index is 0.0820. The van der Waals surface area contributed by atoms with E-state index in [2.05, 4.69) is 76.6 Å². The SMILES string of the molecule is CC=CC(C/C=[CH]/[Sn]([CH2]CCC)([CH2]CCC)[CH2]CCC)(CCCCCC)O[Si](C)(C)C. The van der Waals surface area contributed by atoms with Crippen molar-refractivity contribution in [2.75, 3.05) is 0 Å². The summed E-state index contributed by atoms with van der Waals surface area (Å²) in [7, 11) is -1.63. The fraction of sp³-hybridized carbons (Fsp3) is 0.857. The summed E-state index contributed by atoms with van der Waals surface area (Å²) < 4.78 is 14.5. The maximum absolute atomic E-state index is 6.93. The van der Waals surface area contributed by atoms with Crippen LogP contribution in [0.15, 0.2) is 22.3 Å². The second-order valence-electron chi connectivity index (χ2n) is 10.9. The predicted octanol–water partition coefficient (Wildman–Crippen LogP) is 10.5. The Hall–Kier alpha value is 0.456. The van der Waals surface area contributed by atoms with Gasteiger partial charge in [0.05, 0.1) is 0 Å². The molecule has 3 heteroatoms. The van der Waals surface area contributed by atoms with Crippen molar-refractivity contribution in [3.05, 3.63) is 22.3 Å². The van der Waals surface area contributed by atoms with Crippen LogP contribution in [0, 0.1) is 0 Å². The molecule has 0 aliphatic rings. The molecule has 0 spiro atoms. The van der Waals surface area contributed by atoms with Gasteiger partial charge in [-0.1, -0.05) is 0 Å². The third kappa shape index (κ3) is 15.1. The summed E-state index contributed by atoms with van der Waals surface area (Å²) in [5.41, 5.74) is -0.0820. The Bertz CT molecular complexity index is 458. The van der Waals surface area contributed by atoms with Crippen LogP contribution in [-0.2, 0) is 4.43 Å². The average molecular weight is 558 g/mol. The zero-order chi connectivity index (χ0) is 23.6. The van der Waals surface area contributed by atoms with Gasteiger partial charge in [0.2, 0.25) is 0 Å². The van der Waals surface area contributed by atoms with Gasteiger partial charge < -0.3 is 0 Å². The Labute approximate surface area is 202 Å². The summed E-state index contributed by atoms with van der Waals surface area (Å²) in [6, 6.07) is 0. The molecule has 0 heterocycles. The van der Waals surface area contributed by atoms with Gasteiger partial charge in [-0.2, -0.15) is 0 Å². The second-order valence-corrected chi connectivity index (χ2v) is 28.3. The minimum atomic E-state index is -2.22. The van der Waals surface area contributed by atoms with E-state index in [1.165, 1.54) is 70.6 Å². The van der Waals surface area contributed by atoms with E-state index in [-0.39, 0.29) is 5.60 Å². The quantitative estimate of drug-likeness (QED) is 0.0822. The molecule has 0 aromatic carbocycles. The summed E-state index contributed by atoms with van der Waals surface area (Å²) in [5, 5.41) is 0. The van der Waals surface area contributed by atoms with Crippen molar-refractivity contribution in [2.45, 2.75) is 150 Å². The van der Waals surface area contributed by atoms with Crippen LogP contribution in [0.1, 0.15) is 112 Å². The number of rotatable bonds is 20. The number of hydrogen-bond donors (Lipinski definition) is 0. The first-order chi connectivity index (χ1) is 14.7. The fourth-order valence-electron chi connectivity index (χ4n) is 4.86. The molecule has 1 unspecified atom stereocenters. The Morgan fingerprint density at radius 1 is 0.742 bits per heavy atom. The zero-order valence-electron chi connectivity index (χ0n) is 22.8. The van der Waals surface area contributed by atoms with Crippen LogP contribution < -0.4 is 0 Å². The first kappa shape index (κ1) is 31.5. The van der Waals surface area contributed by atoms with Crippen LogP contribution in [0.5, 0.6) is 0 Å². The van der Waals surface area contributed by atoms with E-state index in [4.69, 9.17) is 4.43 Å². The molecule has 0 aliphatic heterocycles. The molecule has 0 saturated heterocycles. The number of allylic oxidation sites excluding steroid dienone is 1. The van der Waals surface area contributed by atoms with Crippen LogP contribution >= 0.6 is 0 Å². The van der Waals surface area contributed by atoms with Crippen molar-refractivity contribution in [1.29, 1.82) is 0 Å². The van der Waals surface area contributed by atoms with E-state index in [1.54, 1.807) is 13.3 Å². The standard InChI is InChI=1S/C16H31OSi.3C4H9.Sn/c1-7-10-11-12-15-16(13-8-2,14-9-3)17-18(4,5)6;3*1-3-4-2;/h2,8-9,14H,7,10-13,15H2,1,3-6H3;3*1,3-4H2,2H3;. The van der Waals surface area contributed by atoms with Crippen LogP contribution in [0.3, 0.4) is 0 Å². The molecule has 0 fully saturated rings. The first-order valence-electron chi connectivity index (χ1n) is 13.7. The Morgan fingerprint density at radius 2 is 1.26 bits per heavy atom. The van der Waals surface area contributed by atoms with Crippen molar-refractivity contribution in [3.8, 4) is 0 Å². The van der Waals surface area contributed by atoms with E-state index in [1.807, 2.05) is 0 Å². The molecule has 0 aromatic rings. The molecule has 0 aromatic heterocycles. The van der Waals surface area contributed by atoms with Crippen molar-refractivity contribution in [1.82, 2.24) is 0 Å². The Balaban J connectivity index is 5.69. The normalized spacial score (nSPS) is 15.2. The first-order valence-corrected chi connectivity index (χ1v) is 24.8. The van der Waals surface area contributed by atoms with Crippen molar-refractivity contribution >= 4 is 26.7 Å².